The number of alkyl halides is 3. The lowest BCUT2D eigenvalue weighted by atomic mass is 10.3. The second kappa shape index (κ2) is 4.39. The Labute approximate surface area is 88.1 Å². The molecule has 1 aromatic carbocycles. The van der Waals surface area contributed by atoms with Gasteiger partial charge in [0.25, 0.3) is 0 Å². The van der Waals surface area contributed by atoms with Crippen LogP contribution >= 0.6 is 11.8 Å². The van der Waals surface area contributed by atoms with Crippen molar-refractivity contribution >= 4 is 23.9 Å². The molecule has 0 saturated carbocycles. The van der Waals surface area contributed by atoms with Crippen molar-refractivity contribution in [2.45, 2.75) is 6.36 Å². The Hall–Kier alpha value is -1.43. The predicted molar refractivity (Wildman–Crippen MR) is 47.2 cm³/mol. The van der Waals surface area contributed by atoms with E-state index in [9.17, 15) is 18.0 Å². The lowest BCUT2D eigenvalue weighted by Crippen LogP contribution is -2.17. The third-order valence-electron chi connectivity index (χ3n) is 1.36. The van der Waals surface area contributed by atoms with Crippen molar-refractivity contribution in [3.8, 4) is 5.75 Å². The van der Waals surface area contributed by atoms with Crippen LogP contribution in [-0.2, 0) is 4.79 Å². The Balaban J connectivity index is 2.88. The van der Waals surface area contributed by atoms with Gasteiger partial charge in [-0.1, -0.05) is 6.07 Å². The first-order valence-corrected chi connectivity index (χ1v) is 3.95. The molecule has 0 unspecified atom stereocenters. The quantitative estimate of drug-likeness (QED) is 0.598. The van der Waals surface area contributed by atoms with Crippen LogP contribution in [0.4, 0.5) is 18.9 Å². The van der Waals surface area contributed by atoms with E-state index < -0.39 is 12.1 Å². The van der Waals surface area contributed by atoms with E-state index in [1.165, 1.54) is 18.5 Å². The molecule has 1 aromatic rings. The van der Waals surface area contributed by atoms with Crippen LogP contribution in [0.1, 0.15) is 0 Å². The summed E-state index contributed by atoms with van der Waals surface area (Å²) in [6, 6.07) is 4.65. The maximum atomic E-state index is 11.8. The standard InChI is InChI=1S/C8H4ClF3NO2/c9-13(5-14)6-2-1-3-7(4-6)15-8(10,11)12/h1-4H. The first-order chi connectivity index (χ1) is 6.92. The van der Waals surface area contributed by atoms with Crippen LogP contribution in [0.5, 0.6) is 5.75 Å². The van der Waals surface area contributed by atoms with Gasteiger partial charge >= 0.3 is 12.8 Å². The molecule has 1 rings (SSSR count). The highest BCUT2D eigenvalue weighted by atomic mass is 35.5. The molecule has 0 aliphatic rings. The number of amides is 1. The highest BCUT2D eigenvalue weighted by Gasteiger charge is 2.31. The zero-order valence-electron chi connectivity index (χ0n) is 7.08. The topological polar surface area (TPSA) is 29.5 Å². The van der Waals surface area contributed by atoms with Crippen LogP contribution in [0.3, 0.4) is 0 Å². The normalized spacial score (nSPS) is 10.9. The summed E-state index contributed by atoms with van der Waals surface area (Å²) in [6.45, 7) is 0. The Morgan fingerprint density at radius 2 is 2.07 bits per heavy atom. The smallest absolute Gasteiger partial charge is 0.406 e. The van der Waals surface area contributed by atoms with E-state index in [2.05, 4.69) is 4.74 Å². The zero-order valence-corrected chi connectivity index (χ0v) is 7.84. The molecular formula is C8H4ClF3NO2. The largest absolute Gasteiger partial charge is 0.573 e. The average Bonchev–Trinajstić information content (AvgIpc) is 2.14. The summed E-state index contributed by atoms with van der Waals surface area (Å²) >= 11 is 5.31. The van der Waals surface area contributed by atoms with Crippen molar-refractivity contribution in [2.24, 2.45) is 0 Å². The number of benzene rings is 1. The van der Waals surface area contributed by atoms with Crippen molar-refractivity contribution < 1.29 is 22.7 Å². The molecule has 0 saturated heterocycles. The van der Waals surface area contributed by atoms with Gasteiger partial charge in [0.1, 0.15) is 5.75 Å². The molecule has 3 nitrogen and oxygen atoms in total. The Bertz CT molecular complexity index is 356. The molecule has 0 N–H and O–H groups in total. The van der Waals surface area contributed by atoms with E-state index in [-0.39, 0.29) is 5.69 Å². The number of carbonyl (C=O) groups excluding carboxylic acids is 1. The molecule has 0 spiro atoms. The molecule has 0 aromatic heterocycles. The molecule has 81 valence electrons. The molecule has 15 heavy (non-hydrogen) atoms. The van der Waals surface area contributed by atoms with Gasteiger partial charge in [-0.25, -0.2) is 4.42 Å². The first kappa shape index (κ1) is 11.6. The van der Waals surface area contributed by atoms with E-state index in [4.69, 9.17) is 11.8 Å². The molecule has 7 heteroatoms. The molecule has 0 aliphatic heterocycles. The van der Waals surface area contributed by atoms with Gasteiger partial charge in [0, 0.05) is 17.8 Å². The number of hydrogen-bond donors (Lipinski definition) is 0. The number of nitrogens with zero attached hydrogens (tertiary/aromatic N) is 1. The third-order valence-corrected chi connectivity index (χ3v) is 1.62. The molecule has 0 fully saturated rings. The molecule has 0 heterocycles. The second-order valence-electron chi connectivity index (χ2n) is 2.42. The van der Waals surface area contributed by atoms with Gasteiger partial charge in [0.15, 0.2) is 0 Å². The third kappa shape index (κ3) is 3.67. The molecule has 1 radical (unpaired) electrons. The van der Waals surface area contributed by atoms with Crippen molar-refractivity contribution in [1.82, 2.24) is 0 Å². The summed E-state index contributed by atoms with van der Waals surface area (Å²) in [4.78, 5) is 10.1. The van der Waals surface area contributed by atoms with Crippen LogP contribution in [0.15, 0.2) is 24.3 Å². The number of anilines is 1. The lowest BCUT2D eigenvalue weighted by molar-refractivity contribution is -0.274. The fourth-order valence-corrected chi connectivity index (χ4v) is 0.961. The summed E-state index contributed by atoms with van der Waals surface area (Å²) in [6.07, 6.45) is -3.49. The second-order valence-corrected chi connectivity index (χ2v) is 2.76. The fourth-order valence-electron chi connectivity index (χ4n) is 0.855. The van der Waals surface area contributed by atoms with E-state index in [0.29, 0.717) is 4.42 Å². The number of halogens is 4. The minimum Gasteiger partial charge on any atom is -0.406 e. The molecule has 0 bridgehead atoms. The highest BCUT2D eigenvalue weighted by molar-refractivity contribution is 6.33. The molecule has 1 amide bonds. The SMILES string of the molecule is O=[C]N(Cl)c1cccc(OC(F)(F)F)c1. The summed E-state index contributed by atoms with van der Waals surface area (Å²) in [5.41, 5.74) is 0.0356. The summed E-state index contributed by atoms with van der Waals surface area (Å²) < 4.78 is 39.5. The Morgan fingerprint density at radius 3 is 2.60 bits per heavy atom. The van der Waals surface area contributed by atoms with Crippen LogP contribution in [0.25, 0.3) is 0 Å². The van der Waals surface area contributed by atoms with Gasteiger partial charge in [0.2, 0.25) is 0 Å². The first-order valence-electron chi connectivity index (χ1n) is 3.62. The monoisotopic (exact) mass is 238 g/mol. The maximum Gasteiger partial charge on any atom is 0.573 e. The van der Waals surface area contributed by atoms with Gasteiger partial charge in [-0.05, 0) is 12.1 Å². The number of ether oxygens (including phenoxy) is 1. The van der Waals surface area contributed by atoms with E-state index in [1.54, 1.807) is 0 Å². The average molecular weight is 239 g/mol. The van der Waals surface area contributed by atoms with Gasteiger partial charge in [0.05, 0.1) is 5.69 Å². The van der Waals surface area contributed by atoms with Gasteiger partial charge in [-0.15, -0.1) is 13.2 Å². The van der Waals surface area contributed by atoms with Crippen LogP contribution in [-0.4, -0.2) is 12.8 Å². The van der Waals surface area contributed by atoms with Gasteiger partial charge in [-0.2, -0.15) is 0 Å². The Morgan fingerprint density at radius 1 is 1.40 bits per heavy atom. The van der Waals surface area contributed by atoms with Crippen molar-refractivity contribution in [2.75, 3.05) is 4.42 Å². The Kier molecular flexibility index (Phi) is 3.41. The molecule has 0 atom stereocenters. The minimum atomic E-state index is -4.78. The van der Waals surface area contributed by atoms with E-state index >= 15 is 0 Å². The number of rotatable bonds is 3. The maximum absolute atomic E-state index is 11.8. The summed E-state index contributed by atoms with van der Waals surface area (Å²) in [5, 5.41) is 0. The lowest BCUT2D eigenvalue weighted by Gasteiger charge is -2.11. The predicted octanol–water partition coefficient (Wildman–Crippen LogP) is 2.61. The van der Waals surface area contributed by atoms with Crippen LogP contribution < -0.4 is 9.16 Å². The van der Waals surface area contributed by atoms with E-state index in [0.717, 1.165) is 12.1 Å². The highest BCUT2D eigenvalue weighted by Crippen LogP contribution is 2.26. The van der Waals surface area contributed by atoms with E-state index in [1.807, 2.05) is 0 Å². The summed E-state index contributed by atoms with van der Waals surface area (Å²) in [5.74, 6) is -0.457. The van der Waals surface area contributed by atoms with Crippen LogP contribution in [0, 0.1) is 0 Å². The van der Waals surface area contributed by atoms with Crippen LogP contribution in [0.2, 0.25) is 0 Å². The van der Waals surface area contributed by atoms with Gasteiger partial charge in [-0.3, -0.25) is 4.79 Å². The zero-order chi connectivity index (χ0) is 11.5. The molecular weight excluding hydrogens is 235 g/mol. The molecule has 0 aliphatic carbocycles. The minimum absolute atomic E-state index is 0.0356. The van der Waals surface area contributed by atoms with Crippen molar-refractivity contribution in [3.05, 3.63) is 24.3 Å². The summed E-state index contributed by atoms with van der Waals surface area (Å²) in [7, 11) is 0. The number of hydrogen-bond acceptors (Lipinski definition) is 2. The van der Waals surface area contributed by atoms with Crippen molar-refractivity contribution in [3.63, 3.8) is 0 Å². The fraction of sp³-hybridized carbons (Fsp3) is 0.125. The van der Waals surface area contributed by atoms with Crippen molar-refractivity contribution in [1.29, 1.82) is 0 Å². The van der Waals surface area contributed by atoms with Gasteiger partial charge < -0.3 is 4.74 Å².